The maximum absolute atomic E-state index is 12.0. The number of aromatic nitrogens is 2. The Balaban J connectivity index is 1.88. The second-order valence-electron chi connectivity index (χ2n) is 5.03. The van der Waals surface area contributed by atoms with E-state index in [9.17, 15) is 14.9 Å². The lowest BCUT2D eigenvalue weighted by Crippen LogP contribution is -2.26. The van der Waals surface area contributed by atoms with Crippen molar-refractivity contribution in [3.63, 3.8) is 0 Å². The fourth-order valence-electron chi connectivity index (χ4n) is 2.25. The summed E-state index contributed by atoms with van der Waals surface area (Å²) in [7, 11) is 0. The molecular formula is C15H18N4O3. The quantitative estimate of drug-likeness (QED) is 0.503. The minimum absolute atomic E-state index is 0.0821. The summed E-state index contributed by atoms with van der Waals surface area (Å²) in [6, 6.07) is 7.92. The van der Waals surface area contributed by atoms with E-state index in [0.29, 0.717) is 19.5 Å². The Labute approximate surface area is 128 Å². The van der Waals surface area contributed by atoms with Gasteiger partial charge in [-0.2, -0.15) is 5.10 Å². The van der Waals surface area contributed by atoms with Crippen LogP contribution in [0.25, 0.3) is 0 Å². The van der Waals surface area contributed by atoms with E-state index < -0.39 is 10.8 Å². The molecular weight excluding hydrogens is 284 g/mol. The second-order valence-corrected chi connectivity index (χ2v) is 5.03. The van der Waals surface area contributed by atoms with Crippen molar-refractivity contribution in [3.05, 3.63) is 57.4 Å². The molecule has 1 aromatic heterocycles. The van der Waals surface area contributed by atoms with Gasteiger partial charge in [0.15, 0.2) is 0 Å². The number of nitro benzene ring substituents is 1. The highest BCUT2D eigenvalue weighted by Gasteiger charge is 2.18. The summed E-state index contributed by atoms with van der Waals surface area (Å²) in [6.07, 6.45) is 0.703. The number of hydrogen-bond acceptors (Lipinski definition) is 4. The van der Waals surface area contributed by atoms with Gasteiger partial charge in [-0.15, -0.1) is 0 Å². The van der Waals surface area contributed by atoms with Crippen molar-refractivity contribution < 1.29 is 9.72 Å². The molecule has 22 heavy (non-hydrogen) atoms. The highest BCUT2D eigenvalue weighted by atomic mass is 16.6. The molecule has 7 nitrogen and oxygen atoms in total. The van der Waals surface area contributed by atoms with E-state index in [1.807, 2.05) is 24.6 Å². The number of para-hydroxylation sites is 1. The average Bonchev–Trinajstić information content (AvgIpc) is 2.81. The Kier molecular flexibility index (Phi) is 4.88. The third-order valence-electron chi connectivity index (χ3n) is 3.28. The molecule has 1 aromatic carbocycles. The van der Waals surface area contributed by atoms with E-state index >= 15 is 0 Å². The molecule has 0 bridgehead atoms. The van der Waals surface area contributed by atoms with Gasteiger partial charge >= 0.3 is 0 Å². The van der Waals surface area contributed by atoms with Crippen LogP contribution in [0.3, 0.4) is 0 Å². The van der Waals surface area contributed by atoms with E-state index in [1.54, 1.807) is 6.07 Å². The van der Waals surface area contributed by atoms with Gasteiger partial charge in [0.25, 0.3) is 11.6 Å². The second kappa shape index (κ2) is 6.84. The first-order valence-corrected chi connectivity index (χ1v) is 7.01. The van der Waals surface area contributed by atoms with Crippen molar-refractivity contribution in [2.75, 3.05) is 6.54 Å². The molecule has 2 rings (SSSR count). The molecule has 2 aromatic rings. The van der Waals surface area contributed by atoms with Crippen LogP contribution in [0.5, 0.6) is 0 Å². The number of nitrogens with one attached hydrogen (secondary N) is 1. The number of benzene rings is 1. The van der Waals surface area contributed by atoms with Crippen molar-refractivity contribution in [1.29, 1.82) is 0 Å². The molecule has 0 aliphatic heterocycles. The van der Waals surface area contributed by atoms with Crippen LogP contribution in [0.2, 0.25) is 0 Å². The summed E-state index contributed by atoms with van der Waals surface area (Å²) < 4.78 is 1.88. The summed E-state index contributed by atoms with van der Waals surface area (Å²) >= 11 is 0. The molecule has 0 saturated heterocycles. The van der Waals surface area contributed by atoms with Gasteiger partial charge in [0.1, 0.15) is 5.56 Å². The topological polar surface area (TPSA) is 90.1 Å². The van der Waals surface area contributed by atoms with Crippen LogP contribution in [-0.2, 0) is 6.54 Å². The zero-order valence-electron chi connectivity index (χ0n) is 12.6. The average molecular weight is 302 g/mol. The number of aryl methyl sites for hydroxylation is 3. The van der Waals surface area contributed by atoms with E-state index in [2.05, 4.69) is 10.4 Å². The minimum Gasteiger partial charge on any atom is -0.352 e. The van der Waals surface area contributed by atoms with Crippen LogP contribution in [0, 0.1) is 24.0 Å². The molecule has 7 heteroatoms. The largest absolute Gasteiger partial charge is 0.352 e. The zero-order chi connectivity index (χ0) is 16.1. The number of carbonyl (C=O) groups excluding carboxylic acids is 1. The maximum Gasteiger partial charge on any atom is 0.282 e. The Morgan fingerprint density at radius 1 is 1.36 bits per heavy atom. The molecule has 0 unspecified atom stereocenters. The lowest BCUT2D eigenvalue weighted by atomic mass is 10.1. The normalized spacial score (nSPS) is 10.5. The molecule has 116 valence electrons. The van der Waals surface area contributed by atoms with Gasteiger partial charge in [0.05, 0.1) is 10.6 Å². The lowest BCUT2D eigenvalue weighted by Gasteiger charge is -2.07. The molecule has 0 aliphatic rings. The van der Waals surface area contributed by atoms with Crippen LogP contribution in [0.4, 0.5) is 5.69 Å². The van der Waals surface area contributed by atoms with Crippen molar-refractivity contribution in [1.82, 2.24) is 15.1 Å². The third-order valence-corrected chi connectivity index (χ3v) is 3.28. The number of amides is 1. The van der Waals surface area contributed by atoms with Gasteiger partial charge < -0.3 is 5.32 Å². The Bertz CT molecular complexity index is 694. The number of hydrogen-bond donors (Lipinski definition) is 1. The van der Waals surface area contributed by atoms with Crippen molar-refractivity contribution >= 4 is 11.6 Å². The van der Waals surface area contributed by atoms with E-state index in [-0.39, 0.29) is 11.3 Å². The first kappa shape index (κ1) is 15.7. The fraction of sp³-hybridized carbons (Fsp3) is 0.333. The summed E-state index contributed by atoms with van der Waals surface area (Å²) in [6.45, 7) is 5.03. The predicted octanol–water partition coefficient (Wildman–Crippen LogP) is 2.23. The van der Waals surface area contributed by atoms with E-state index in [0.717, 1.165) is 11.4 Å². The van der Waals surface area contributed by atoms with Crippen LogP contribution < -0.4 is 5.32 Å². The molecule has 0 aliphatic carbocycles. The molecule has 1 amide bonds. The Morgan fingerprint density at radius 3 is 2.73 bits per heavy atom. The summed E-state index contributed by atoms with van der Waals surface area (Å²) in [5.41, 5.74) is 1.93. The number of rotatable bonds is 6. The first-order valence-electron chi connectivity index (χ1n) is 7.01. The zero-order valence-corrected chi connectivity index (χ0v) is 12.6. The van der Waals surface area contributed by atoms with Crippen molar-refractivity contribution in [3.8, 4) is 0 Å². The third kappa shape index (κ3) is 3.69. The monoisotopic (exact) mass is 302 g/mol. The molecule has 0 saturated carbocycles. The summed E-state index contributed by atoms with van der Waals surface area (Å²) in [5.74, 6) is -0.430. The molecule has 0 atom stereocenters. The molecule has 0 fully saturated rings. The number of nitro groups is 1. The minimum atomic E-state index is -0.551. The van der Waals surface area contributed by atoms with E-state index in [4.69, 9.17) is 0 Å². The first-order chi connectivity index (χ1) is 10.5. The number of carbonyl (C=O) groups is 1. The fourth-order valence-corrected chi connectivity index (χ4v) is 2.25. The van der Waals surface area contributed by atoms with Gasteiger partial charge in [-0.25, -0.2) is 0 Å². The summed E-state index contributed by atoms with van der Waals surface area (Å²) in [4.78, 5) is 22.4. The lowest BCUT2D eigenvalue weighted by molar-refractivity contribution is -0.385. The Morgan fingerprint density at radius 2 is 2.09 bits per heavy atom. The van der Waals surface area contributed by atoms with E-state index in [1.165, 1.54) is 18.2 Å². The summed E-state index contributed by atoms with van der Waals surface area (Å²) in [5, 5.41) is 17.9. The SMILES string of the molecule is Cc1cc(C)n(CCCNC(=O)c2ccccc2[N+](=O)[O-])n1. The highest BCUT2D eigenvalue weighted by molar-refractivity contribution is 5.98. The van der Waals surface area contributed by atoms with Crippen molar-refractivity contribution in [2.24, 2.45) is 0 Å². The van der Waals surface area contributed by atoms with Gasteiger partial charge in [0.2, 0.25) is 0 Å². The van der Waals surface area contributed by atoms with Crippen LogP contribution in [-0.4, -0.2) is 27.2 Å². The predicted molar refractivity (Wildman–Crippen MR) is 81.7 cm³/mol. The smallest absolute Gasteiger partial charge is 0.282 e. The molecule has 1 heterocycles. The van der Waals surface area contributed by atoms with Crippen LogP contribution in [0.15, 0.2) is 30.3 Å². The molecule has 1 N–H and O–H groups in total. The van der Waals surface area contributed by atoms with Crippen LogP contribution >= 0.6 is 0 Å². The van der Waals surface area contributed by atoms with Gasteiger partial charge in [-0.3, -0.25) is 19.6 Å². The molecule has 0 spiro atoms. The Hall–Kier alpha value is -2.70. The number of nitrogens with zero attached hydrogens (tertiary/aromatic N) is 3. The van der Waals surface area contributed by atoms with Gasteiger partial charge in [-0.05, 0) is 32.4 Å². The maximum atomic E-state index is 12.0. The van der Waals surface area contributed by atoms with Gasteiger partial charge in [0, 0.05) is 24.8 Å². The van der Waals surface area contributed by atoms with Gasteiger partial charge in [-0.1, -0.05) is 12.1 Å². The van der Waals surface area contributed by atoms with Crippen LogP contribution in [0.1, 0.15) is 28.2 Å². The van der Waals surface area contributed by atoms with Crippen molar-refractivity contribution in [2.45, 2.75) is 26.8 Å². The molecule has 0 radical (unpaired) electrons. The highest BCUT2D eigenvalue weighted by Crippen LogP contribution is 2.17. The standard InChI is InChI=1S/C15H18N4O3/c1-11-10-12(2)18(17-11)9-5-8-16-15(20)13-6-3-4-7-14(13)19(21)22/h3-4,6-7,10H,5,8-9H2,1-2H3,(H,16,20).